The van der Waals surface area contributed by atoms with Crippen molar-refractivity contribution in [2.45, 2.75) is 29.0 Å². The predicted octanol–water partition coefficient (Wildman–Crippen LogP) is 3.31. The van der Waals surface area contributed by atoms with E-state index in [4.69, 9.17) is 5.14 Å². The molecule has 2 aromatic carbocycles. The number of fused-ring (bicyclic) bond motifs is 1. The number of benzene rings is 2. The summed E-state index contributed by atoms with van der Waals surface area (Å²) < 4.78 is 22.6. The zero-order chi connectivity index (χ0) is 19.6. The minimum absolute atomic E-state index is 0.00115. The Morgan fingerprint density at radius 2 is 1.81 bits per heavy atom. The van der Waals surface area contributed by atoms with E-state index in [2.05, 4.69) is 10.3 Å². The molecule has 3 aromatic rings. The van der Waals surface area contributed by atoms with Gasteiger partial charge in [0.25, 0.3) is 0 Å². The first kappa shape index (κ1) is 19.3. The van der Waals surface area contributed by atoms with Gasteiger partial charge in [-0.1, -0.05) is 30.0 Å². The van der Waals surface area contributed by atoms with Crippen LogP contribution in [0.2, 0.25) is 0 Å². The summed E-state index contributed by atoms with van der Waals surface area (Å²) in [5.41, 5.74) is 2.50. The van der Waals surface area contributed by atoms with Crippen LogP contribution in [0, 0.1) is 6.92 Å². The molecule has 0 aliphatic rings. The minimum atomic E-state index is -3.75. The number of anilines is 1. The monoisotopic (exact) mass is 401 g/mol. The zero-order valence-corrected chi connectivity index (χ0v) is 16.5. The lowest BCUT2D eigenvalue weighted by Gasteiger charge is -2.13. The van der Waals surface area contributed by atoms with Gasteiger partial charge in [0.2, 0.25) is 15.9 Å². The molecule has 1 aromatic heterocycles. The molecule has 0 spiro atoms. The molecule has 0 fully saturated rings. The van der Waals surface area contributed by atoms with E-state index < -0.39 is 10.0 Å². The summed E-state index contributed by atoms with van der Waals surface area (Å²) in [6.45, 7) is 3.82. The van der Waals surface area contributed by atoms with Crippen molar-refractivity contribution in [3.05, 3.63) is 60.2 Å². The van der Waals surface area contributed by atoms with Gasteiger partial charge in [-0.05, 0) is 55.8 Å². The number of rotatable bonds is 5. The number of nitrogens with one attached hydrogen (secondary N) is 1. The fourth-order valence-electron chi connectivity index (χ4n) is 2.59. The summed E-state index contributed by atoms with van der Waals surface area (Å²) in [5, 5.41) is 9.33. The number of nitrogens with two attached hydrogens (primary N) is 1. The molecule has 6 nitrogen and oxygen atoms in total. The summed E-state index contributed by atoms with van der Waals surface area (Å²) in [5.74, 6) is -0.198. The van der Waals surface area contributed by atoms with Gasteiger partial charge in [0, 0.05) is 11.1 Å². The molecule has 3 N–H and O–H groups in total. The second kappa shape index (κ2) is 7.67. The van der Waals surface area contributed by atoms with Gasteiger partial charge in [-0.15, -0.1) is 0 Å². The van der Waals surface area contributed by atoms with Crippen molar-refractivity contribution in [3.63, 3.8) is 0 Å². The smallest absolute Gasteiger partial charge is 0.238 e. The van der Waals surface area contributed by atoms with Crippen molar-refractivity contribution in [2.24, 2.45) is 5.14 Å². The molecule has 140 valence electrons. The van der Waals surface area contributed by atoms with Crippen LogP contribution in [0.1, 0.15) is 12.5 Å². The molecule has 1 heterocycles. The number of primary sulfonamides is 1. The fraction of sp³-hybridized carbons (Fsp3) is 0.158. The molecular formula is C19H19N3O3S2. The third-order valence-corrected chi connectivity index (χ3v) is 5.96. The minimum Gasteiger partial charge on any atom is -0.325 e. The average molecular weight is 402 g/mol. The molecule has 1 atom stereocenters. The number of aryl methyl sites for hydroxylation is 1. The standard InChI is InChI=1S/C19H19N3O3S2/c1-12-11-18(22-17-6-4-3-5-16(12)17)26-13(2)19(23)21-14-7-9-15(10-8-14)27(20,24)25/h3-11,13H,1-2H3,(H,21,23)(H2,20,24,25). The number of nitrogens with zero attached hydrogens (tertiary/aromatic N) is 1. The van der Waals surface area contributed by atoms with Gasteiger partial charge in [0.05, 0.1) is 20.7 Å². The topological polar surface area (TPSA) is 102 Å². The summed E-state index contributed by atoms with van der Waals surface area (Å²) in [7, 11) is -3.75. The highest BCUT2D eigenvalue weighted by Crippen LogP contribution is 2.27. The fourth-order valence-corrected chi connectivity index (χ4v) is 4.02. The highest BCUT2D eigenvalue weighted by atomic mass is 32.2. The number of pyridine rings is 1. The zero-order valence-electron chi connectivity index (χ0n) is 14.8. The van der Waals surface area contributed by atoms with Gasteiger partial charge >= 0.3 is 0 Å². The second-order valence-corrected chi connectivity index (χ2v) is 9.04. The van der Waals surface area contributed by atoms with Gasteiger partial charge in [0.1, 0.15) is 0 Å². The number of aromatic nitrogens is 1. The Balaban J connectivity index is 1.71. The summed E-state index contributed by atoms with van der Waals surface area (Å²) >= 11 is 1.37. The Labute approximate surface area is 162 Å². The van der Waals surface area contributed by atoms with Crippen LogP contribution in [0.25, 0.3) is 10.9 Å². The number of sulfonamides is 1. The molecule has 3 rings (SSSR count). The van der Waals surface area contributed by atoms with Gasteiger partial charge < -0.3 is 5.32 Å². The van der Waals surface area contributed by atoms with Crippen LogP contribution in [0.5, 0.6) is 0 Å². The van der Waals surface area contributed by atoms with E-state index in [1.54, 1.807) is 6.92 Å². The van der Waals surface area contributed by atoms with Crippen LogP contribution >= 0.6 is 11.8 Å². The lowest BCUT2D eigenvalue weighted by molar-refractivity contribution is -0.115. The summed E-state index contributed by atoms with van der Waals surface area (Å²) in [4.78, 5) is 17.0. The van der Waals surface area contributed by atoms with Crippen LogP contribution in [0.4, 0.5) is 5.69 Å². The van der Waals surface area contributed by atoms with Gasteiger partial charge in [-0.3, -0.25) is 4.79 Å². The lowest BCUT2D eigenvalue weighted by atomic mass is 10.1. The largest absolute Gasteiger partial charge is 0.325 e. The van der Waals surface area contributed by atoms with Crippen LogP contribution in [0.3, 0.4) is 0 Å². The number of amides is 1. The van der Waals surface area contributed by atoms with Crippen molar-refractivity contribution in [1.82, 2.24) is 4.98 Å². The van der Waals surface area contributed by atoms with E-state index in [0.29, 0.717) is 5.69 Å². The molecule has 0 aliphatic carbocycles. The van der Waals surface area contributed by atoms with Crippen molar-refractivity contribution in [1.29, 1.82) is 0 Å². The molecule has 0 saturated heterocycles. The maximum Gasteiger partial charge on any atom is 0.238 e. The van der Waals surface area contributed by atoms with Crippen LogP contribution < -0.4 is 10.5 Å². The molecule has 1 amide bonds. The number of hydrogen-bond acceptors (Lipinski definition) is 5. The average Bonchev–Trinajstić information content (AvgIpc) is 2.61. The van der Waals surface area contributed by atoms with E-state index >= 15 is 0 Å². The van der Waals surface area contributed by atoms with E-state index in [-0.39, 0.29) is 16.1 Å². The molecule has 0 aliphatic heterocycles. The molecule has 1 unspecified atom stereocenters. The summed E-state index contributed by atoms with van der Waals surface area (Å²) in [6, 6.07) is 15.6. The Morgan fingerprint density at radius 1 is 1.15 bits per heavy atom. The Morgan fingerprint density at radius 3 is 2.48 bits per heavy atom. The second-order valence-electron chi connectivity index (χ2n) is 6.11. The first-order valence-electron chi connectivity index (χ1n) is 8.21. The first-order valence-corrected chi connectivity index (χ1v) is 10.6. The summed E-state index contributed by atoms with van der Waals surface area (Å²) in [6.07, 6.45) is 0. The number of carbonyl (C=O) groups excluding carboxylic acids is 1. The van der Waals surface area contributed by atoms with E-state index in [1.165, 1.54) is 36.0 Å². The van der Waals surface area contributed by atoms with Crippen molar-refractivity contribution >= 4 is 44.3 Å². The van der Waals surface area contributed by atoms with Gasteiger partial charge in [-0.2, -0.15) is 0 Å². The number of thioether (sulfide) groups is 1. The van der Waals surface area contributed by atoms with Crippen LogP contribution in [0.15, 0.2) is 64.5 Å². The highest BCUT2D eigenvalue weighted by Gasteiger charge is 2.16. The molecular weight excluding hydrogens is 382 g/mol. The van der Waals surface area contributed by atoms with Crippen molar-refractivity contribution < 1.29 is 13.2 Å². The Kier molecular flexibility index (Phi) is 5.50. The Hall–Kier alpha value is -2.42. The van der Waals surface area contributed by atoms with E-state index in [0.717, 1.165) is 21.5 Å². The molecule has 8 heteroatoms. The quantitative estimate of drug-likeness (QED) is 0.639. The normalized spacial score (nSPS) is 12.7. The van der Waals surface area contributed by atoms with Crippen molar-refractivity contribution in [3.8, 4) is 0 Å². The van der Waals surface area contributed by atoms with Crippen LogP contribution in [-0.2, 0) is 14.8 Å². The van der Waals surface area contributed by atoms with Crippen LogP contribution in [-0.4, -0.2) is 24.6 Å². The van der Waals surface area contributed by atoms with Gasteiger partial charge in [0.15, 0.2) is 0 Å². The third-order valence-electron chi connectivity index (χ3n) is 4.02. The number of hydrogen-bond donors (Lipinski definition) is 2. The maximum atomic E-state index is 12.4. The third kappa shape index (κ3) is 4.65. The molecule has 27 heavy (non-hydrogen) atoms. The Bertz CT molecular complexity index is 1100. The first-order chi connectivity index (χ1) is 12.7. The number of carbonyl (C=O) groups is 1. The van der Waals surface area contributed by atoms with E-state index in [9.17, 15) is 13.2 Å². The molecule has 0 bridgehead atoms. The lowest BCUT2D eigenvalue weighted by Crippen LogP contribution is -2.22. The maximum absolute atomic E-state index is 12.4. The van der Waals surface area contributed by atoms with Crippen molar-refractivity contribution in [2.75, 3.05) is 5.32 Å². The predicted molar refractivity (Wildman–Crippen MR) is 108 cm³/mol. The van der Waals surface area contributed by atoms with Gasteiger partial charge in [-0.25, -0.2) is 18.5 Å². The number of para-hydroxylation sites is 1. The molecule has 0 radical (unpaired) electrons. The van der Waals surface area contributed by atoms with E-state index in [1.807, 2.05) is 37.3 Å². The SMILES string of the molecule is Cc1cc(SC(C)C(=O)Nc2ccc(S(N)(=O)=O)cc2)nc2ccccc12. The highest BCUT2D eigenvalue weighted by molar-refractivity contribution is 8.00. The molecule has 0 saturated carbocycles.